The summed E-state index contributed by atoms with van der Waals surface area (Å²) in [5.41, 5.74) is 1.52. The molecule has 0 heterocycles. The second kappa shape index (κ2) is 8.08. The van der Waals surface area contributed by atoms with Gasteiger partial charge in [0.2, 0.25) is 11.8 Å². The Morgan fingerprint density at radius 1 is 0.818 bits per heavy atom. The van der Waals surface area contributed by atoms with Gasteiger partial charge in [-0.15, -0.1) is 0 Å². The summed E-state index contributed by atoms with van der Waals surface area (Å²) in [6.45, 7) is 2.80. The van der Waals surface area contributed by atoms with Crippen LogP contribution in [0.4, 0.5) is 11.4 Å². The Morgan fingerprint density at radius 3 is 1.45 bits per heavy atom. The van der Waals surface area contributed by atoms with E-state index in [0.717, 1.165) is 0 Å². The molecular weight excluding hydrogens is 627 g/mol. The summed E-state index contributed by atoms with van der Waals surface area (Å²) < 4.78 is 1.98. The fraction of sp³-hybridized carbons (Fsp3) is 0.308. The monoisotopic (exact) mass is 641 g/mol. The standard InChI is InChI=1S/C13H14I3N3O3/c1-5(20)17-11-8(14)7(13(22)19(3)4)9(15)12(10(11)16)18-6(2)21/h1-4H3,(H,17,20)(H,18,21). The van der Waals surface area contributed by atoms with Crippen LogP contribution in [-0.2, 0) is 9.59 Å². The molecule has 0 unspecified atom stereocenters. The molecule has 0 fully saturated rings. The van der Waals surface area contributed by atoms with Gasteiger partial charge in [-0.05, 0) is 67.8 Å². The summed E-state index contributed by atoms with van der Waals surface area (Å²) in [4.78, 5) is 36.8. The van der Waals surface area contributed by atoms with E-state index in [0.29, 0.717) is 27.6 Å². The molecule has 9 heteroatoms. The van der Waals surface area contributed by atoms with Crippen molar-refractivity contribution < 1.29 is 14.4 Å². The van der Waals surface area contributed by atoms with E-state index in [2.05, 4.69) is 33.2 Å². The van der Waals surface area contributed by atoms with E-state index >= 15 is 0 Å². The number of anilines is 2. The lowest BCUT2D eigenvalue weighted by atomic mass is 10.1. The molecule has 0 saturated heterocycles. The first kappa shape index (κ1) is 19.9. The minimum absolute atomic E-state index is 0.191. The molecular formula is C13H14I3N3O3. The molecule has 0 aliphatic heterocycles. The first-order valence-corrected chi connectivity index (χ1v) is 9.28. The van der Waals surface area contributed by atoms with E-state index in [1.54, 1.807) is 14.1 Å². The molecule has 1 aromatic carbocycles. The summed E-state index contributed by atoms with van der Waals surface area (Å²) in [5, 5.41) is 5.47. The molecule has 0 bridgehead atoms. The lowest BCUT2D eigenvalue weighted by molar-refractivity contribution is -0.115. The largest absolute Gasteiger partial charge is 0.345 e. The van der Waals surface area contributed by atoms with Gasteiger partial charge in [0.25, 0.3) is 5.91 Å². The number of carbonyl (C=O) groups is 3. The predicted molar refractivity (Wildman–Crippen MR) is 111 cm³/mol. The topological polar surface area (TPSA) is 78.5 Å². The molecule has 1 rings (SSSR count). The predicted octanol–water partition coefficient (Wildman–Crippen LogP) is 3.12. The van der Waals surface area contributed by atoms with Gasteiger partial charge in [-0.2, -0.15) is 0 Å². The molecule has 22 heavy (non-hydrogen) atoms. The number of hydrogen-bond donors (Lipinski definition) is 2. The van der Waals surface area contributed by atoms with Gasteiger partial charge in [0.1, 0.15) is 0 Å². The Bertz CT molecular complexity index is 617. The number of halogens is 3. The van der Waals surface area contributed by atoms with Crippen molar-refractivity contribution in [1.29, 1.82) is 0 Å². The van der Waals surface area contributed by atoms with Gasteiger partial charge in [0.05, 0.1) is 27.6 Å². The van der Waals surface area contributed by atoms with Crippen LogP contribution in [0.3, 0.4) is 0 Å². The van der Waals surface area contributed by atoms with E-state index in [-0.39, 0.29) is 17.7 Å². The zero-order valence-electron chi connectivity index (χ0n) is 12.3. The van der Waals surface area contributed by atoms with E-state index in [4.69, 9.17) is 0 Å². The highest BCUT2D eigenvalue weighted by Crippen LogP contribution is 2.39. The van der Waals surface area contributed by atoms with Crippen molar-refractivity contribution in [2.45, 2.75) is 13.8 Å². The molecule has 1 aromatic rings. The number of rotatable bonds is 3. The van der Waals surface area contributed by atoms with Crippen molar-refractivity contribution in [2.75, 3.05) is 24.7 Å². The minimum Gasteiger partial charge on any atom is -0.345 e. The van der Waals surface area contributed by atoms with Crippen LogP contribution in [0.5, 0.6) is 0 Å². The second-order valence-corrected chi connectivity index (χ2v) is 7.87. The Hall–Kier alpha value is -0.180. The summed E-state index contributed by atoms with van der Waals surface area (Å²) in [6.07, 6.45) is 0. The van der Waals surface area contributed by atoms with Gasteiger partial charge in [-0.3, -0.25) is 14.4 Å². The molecule has 2 N–H and O–H groups in total. The molecule has 0 aromatic heterocycles. The molecule has 0 aliphatic rings. The Labute approximate surface area is 169 Å². The van der Waals surface area contributed by atoms with Crippen molar-refractivity contribution in [3.8, 4) is 0 Å². The van der Waals surface area contributed by atoms with Crippen molar-refractivity contribution in [3.63, 3.8) is 0 Å². The maximum Gasteiger partial charge on any atom is 0.255 e. The molecule has 120 valence electrons. The third-order valence-electron chi connectivity index (χ3n) is 2.54. The Kier molecular flexibility index (Phi) is 7.29. The van der Waals surface area contributed by atoms with E-state index in [9.17, 15) is 14.4 Å². The smallest absolute Gasteiger partial charge is 0.255 e. The average Bonchev–Trinajstić information content (AvgIpc) is 2.39. The third kappa shape index (κ3) is 4.43. The van der Waals surface area contributed by atoms with Crippen molar-refractivity contribution in [3.05, 3.63) is 16.3 Å². The maximum absolute atomic E-state index is 12.5. The van der Waals surface area contributed by atoms with Gasteiger partial charge in [-0.1, -0.05) is 0 Å². The molecule has 0 aliphatic carbocycles. The molecule has 0 saturated carbocycles. The van der Waals surface area contributed by atoms with Crippen molar-refractivity contribution in [2.24, 2.45) is 0 Å². The lowest BCUT2D eigenvalue weighted by Crippen LogP contribution is -2.26. The summed E-state index contributed by atoms with van der Waals surface area (Å²) in [5.74, 6) is -0.675. The second-order valence-electron chi connectivity index (χ2n) is 4.63. The highest BCUT2D eigenvalue weighted by atomic mass is 127. The number of carbonyl (C=O) groups excluding carboxylic acids is 3. The molecule has 0 spiro atoms. The van der Waals surface area contributed by atoms with Gasteiger partial charge < -0.3 is 15.5 Å². The Morgan fingerprint density at radius 2 is 1.18 bits per heavy atom. The normalized spacial score (nSPS) is 10.1. The summed E-state index contributed by atoms with van der Waals surface area (Å²) >= 11 is 6.13. The quantitative estimate of drug-likeness (QED) is 0.499. The minimum atomic E-state index is -0.242. The molecule has 0 atom stereocenters. The average molecular weight is 641 g/mol. The zero-order valence-corrected chi connectivity index (χ0v) is 18.8. The Balaban J connectivity index is 3.72. The van der Waals surface area contributed by atoms with Crippen LogP contribution in [0.2, 0.25) is 0 Å². The van der Waals surface area contributed by atoms with E-state index in [1.807, 2.05) is 45.2 Å². The fourth-order valence-electron chi connectivity index (χ4n) is 1.65. The van der Waals surface area contributed by atoms with Gasteiger partial charge in [0.15, 0.2) is 0 Å². The molecule has 6 nitrogen and oxygen atoms in total. The van der Waals surface area contributed by atoms with Crippen LogP contribution in [0, 0.1) is 10.7 Å². The van der Waals surface area contributed by atoms with Crippen LogP contribution >= 0.6 is 67.8 Å². The van der Waals surface area contributed by atoms with Gasteiger partial charge in [-0.25, -0.2) is 0 Å². The highest BCUT2D eigenvalue weighted by molar-refractivity contribution is 14.1. The number of amides is 3. The highest BCUT2D eigenvalue weighted by Gasteiger charge is 2.26. The van der Waals surface area contributed by atoms with Crippen LogP contribution in [0.25, 0.3) is 0 Å². The number of nitrogens with zero attached hydrogens (tertiary/aromatic N) is 1. The van der Waals surface area contributed by atoms with Gasteiger partial charge in [0, 0.05) is 27.9 Å². The van der Waals surface area contributed by atoms with Crippen LogP contribution in [0.1, 0.15) is 24.2 Å². The first-order chi connectivity index (χ1) is 10.1. The van der Waals surface area contributed by atoms with Crippen LogP contribution in [-0.4, -0.2) is 36.7 Å². The van der Waals surface area contributed by atoms with Crippen molar-refractivity contribution >= 4 is 96.9 Å². The SMILES string of the molecule is CC(=O)Nc1c(I)c(NC(C)=O)c(I)c(C(=O)N(C)C)c1I. The number of nitrogens with one attached hydrogen (secondary N) is 2. The van der Waals surface area contributed by atoms with E-state index in [1.165, 1.54) is 18.7 Å². The maximum atomic E-state index is 12.5. The number of benzene rings is 1. The van der Waals surface area contributed by atoms with Gasteiger partial charge >= 0.3 is 0 Å². The fourth-order valence-corrected chi connectivity index (χ4v) is 5.81. The van der Waals surface area contributed by atoms with Crippen molar-refractivity contribution in [1.82, 2.24) is 4.90 Å². The molecule has 0 radical (unpaired) electrons. The summed E-state index contributed by atoms with van der Waals surface area (Å²) in [6, 6.07) is 0. The van der Waals surface area contributed by atoms with Crippen LogP contribution in [0.15, 0.2) is 0 Å². The lowest BCUT2D eigenvalue weighted by Gasteiger charge is -2.21. The first-order valence-electron chi connectivity index (χ1n) is 6.05. The number of hydrogen-bond acceptors (Lipinski definition) is 3. The zero-order chi connectivity index (χ0) is 17.2. The molecule has 3 amide bonds. The van der Waals surface area contributed by atoms with Crippen LogP contribution < -0.4 is 10.6 Å². The third-order valence-corrected chi connectivity index (χ3v) is 5.78. The summed E-state index contributed by atoms with van der Waals surface area (Å²) in [7, 11) is 3.31. The van der Waals surface area contributed by atoms with E-state index < -0.39 is 0 Å².